The van der Waals surface area contributed by atoms with Crippen molar-refractivity contribution in [3.8, 4) is 0 Å². The summed E-state index contributed by atoms with van der Waals surface area (Å²) in [5.41, 5.74) is -1.70. The Morgan fingerprint density at radius 2 is 2.09 bits per heavy atom. The SMILES string of the molecule is CC(C)(C)C1(O)CCOC1=O. The largest absolute Gasteiger partial charge is 0.463 e. The second-order valence-corrected chi connectivity index (χ2v) is 4.00. The first-order valence-corrected chi connectivity index (χ1v) is 3.77. The summed E-state index contributed by atoms with van der Waals surface area (Å²) in [5, 5.41) is 9.82. The summed E-state index contributed by atoms with van der Waals surface area (Å²) in [6, 6.07) is 0. The zero-order chi connectivity index (χ0) is 8.70. The lowest BCUT2D eigenvalue weighted by atomic mass is 9.76. The monoisotopic (exact) mass is 158 g/mol. The van der Waals surface area contributed by atoms with Gasteiger partial charge in [0, 0.05) is 11.8 Å². The van der Waals surface area contributed by atoms with Crippen molar-refractivity contribution < 1.29 is 14.6 Å². The molecule has 0 radical (unpaired) electrons. The van der Waals surface area contributed by atoms with Gasteiger partial charge in [0.05, 0.1) is 6.61 Å². The van der Waals surface area contributed by atoms with Gasteiger partial charge in [0.1, 0.15) is 0 Å². The van der Waals surface area contributed by atoms with Gasteiger partial charge in [-0.1, -0.05) is 20.8 Å². The minimum atomic E-state index is -1.27. The van der Waals surface area contributed by atoms with Crippen molar-refractivity contribution in [3.05, 3.63) is 0 Å². The Bertz CT molecular complexity index is 180. The average molecular weight is 158 g/mol. The lowest BCUT2D eigenvalue weighted by molar-refractivity contribution is -0.162. The number of rotatable bonds is 0. The van der Waals surface area contributed by atoms with E-state index >= 15 is 0 Å². The first-order valence-electron chi connectivity index (χ1n) is 3.77. The van der Waals surface area contributed by atoms with Crippen LogP contribution in [0.4, 0.5) is 0 Å². The highest BCUT2D eigenvalue weighted by Gasteiger charge is 2.51. The van der Waals surface area contributed by atoms with Gasteiger partial charge >= 0.3 is 5.97 Å². The minimum Gasteiger partial charge on any atom is -0.463 e. The van der Waals surface area contributed by atoms with Gasteiger partial charge in [0.2, 0.25) is 0 Å². The highest BCUT2D eigenvalue weighted by Crippen LogP contribution is 2.37. The van der Waals surface area contributed by atoms with Crippen LogP contribution >= 0.6 is 0 Å². The molecular weight excluding hydrogens is 144 g/mol. The number of hydrogen-bond donors (Lipinski definition) is 1. The third kappa shape index (κ3) is 1.13. The van der Waals surface area contributed by atoms with E-state index in [0.29, 0.717) is 13.0 Å². The molecule has 0 bridgehead atoms. The van der Waals surface area contributed by atoms with Crippen LogP contribution in [0.2, 0.25) is 0 Å². The number of aliphatic hydroxyl groups is 1. The van der Waals surface area contributed by atoms with Crippen molar-refractivity contribution in [2.24, 2.45) is 5.41 Å². The van der Waals surface area contributed by atoms with Gasteiger partial charge in [-0.25, -0.2) is 4.79 Å². The number of esters is 1. The molecule has 3 heteroatoms. The van der Waals surface area contributed by atoms with Crippen LogP contribution in [0, 0.1) is 5.41 Å². The highest BCUT2D eigenvalue weighted by atomic mass is 16.6. The third-order valence-electron chi connectivity index (χ3n) is 2.28. The molecule has 1 saturated heterocycles. The van der Waals surface area contributed by atoms with Gasteiger partial charge in [-0.05, 0) is 0 Å². The predicted octanol–water partition coefficient (Wildman–Crippen LogP) is 0.710. The van der Waals surface area contributed by atoms with Crippen LogP contribution in [-0.2, 0) is 9.53 Å². The molecule has 0 aromatic heterocycles. The first-order chi connectivity index (χ1) is 4.88. The summed E-state index contributed by atoms with van der Waals surface area (Å²) in [4.78, 5) is 11.1. The molecule has 0 aromatic carbocycles. The Hall–Kier alpha value is -0.570. The number of ether oxygens (including phenoxy) is 1. The highest BCUT2D eigenvalue weighted by molar-refractivity contribution is 5.82. The molecule has 1 atom stereocenters. The molecule has 11 heavy (non-hydrogen) atoms. The van der Waals surface area contributed by atoms with Crippen molar-refractivity contribution in [2.75, 3.05) is 6.61 Å². The van der Waals surface area contributed by atoms with Gasteiger partial charge in [0.15, 0.2) is 5.60 Å². The molecule has 0 saturated carbocycles. The standard InChI is InChI=1S/C8H14O3/c1-7(2,3)8(10)4-5-11-6(8)9/h10H,4-5H2,1-3H3. The molecule has 0 spiro atoms. The Balaban J connectivity index is 2.90. The van der Waals surface area contributed by atoms with Gasteiger partial charge in [0.25, 0.3) is 0 Å². The summed E-state index contributed by atoms with van der Waals surface area (Å²) in [5.74, 6) is -0.481. The second-order valence-electron chi connectivity index (χ2n) is 4.00. The zero-order valence-electron chi connectivity index (χ0n) is 7.18. The second kappa shape index (κ2) is 2.21. The van der Waals surface area contributed by atoms with E-state index in [1.54, 1.807) is 0 Å². The van der Waals surface area contributed by atoms with Crippen molar-refractivity contribution >= 4 is 5.97 Å². The van der Waals surface area contributed by atoms with Crippen LogP contribution in [0.5, 0.6) is 0 Å². The van der Waals surface area contributed by atoms with Gasteiger partial charge in [-0.15, -0.1) is 0 Å². The Morgan fingerprint density at radius 1 is 1.55 bits per heavy atom. The third-order valence-corrected chi connectivity index (χ3v) is 2.28. The summed E-state index contributed by atoms with van der Waals surface area (Å²) in [7, 11) is 0. The average Bonchev–Trinajstić information content (AvgIpc) is 2.12. The lowest BCUT2D eigenvalue weighted by Crippen LogP contribution is -2.46. The van der Waals surface area contributed by atoms with Crippen molar-refractivity contribution in [1.82, 2.24) is 0 Å². The van der Waals surface area contributed by atoms with E-state index in [0.717, 1.165) is 0 Å². The maximum atomic E-state index is 11.1. The molecular formula is C8H14O3. The van der Waals surface area contributed by atoms with Gasteiger partial charge in [-0.3, -0.25) is 0 Å². The summed E-state index contributed by atoms with van der Waals surface area (Å²) in [6.07, 6.45) is 0.412. The summed E-state index contributed by atoms with van der Waals surface area (Å²) in [6.45, 7) is 5.84. The fourth-order valence-electron chi connectivity index (χ4n) is 1.19. The lowest BCUT2D eigenvalue weighted by Gasteiger charge is -2.32. The van der Waals surface area contributed by atoms with Crippen LogP contribution < -0.4 is 0 Å². The summed E-state index contributed by atoms with van der Waals surface area (Å²) < 4.78 is 4.71. The molecule has 0 aromatic rings. The number of carbonyl (C=O) groups is 1. The fraction of sp³-hybridized carbons (Fsp3) is 0.875. The van der Waals surface area contributed by atoms with E-state index in [9.17, 15) is 9.90 Å². The quantitative estimate of drug-likeness (QED) is 0.528. The maximum absolute atomic E-state index is 11.1. The topological polar surface area (TPSA) is 46.5 Å². The molecule has 1 heterocycles. The normalized spacial score (nSPS) is 32.2. The van der Waals surface area contributed by atoms with Crippen LogP contribution in [0.3, 0.4) is 0 Å². The molecule has 3 nitrogen and oxygen atoms in total. The molecule has 1 N–H and O–H groups in total. The Morgan fingerprint density at radius 3 is 2.27 bits per heavy atom. The Labute approximate surface area is 66.4 Å². The van der Waals surface area contributed by atoms with Crippen molar-refractivity contribution in [2.45, 2.75) is 32.8 Å². The van der Waals surface area contributed by atoms with Gasteiger partial charge in [-0.2, -0.15) is 0 Å². The smallest absolute Gasteiger partial charge is 0.338 e. The molecule has 1 unspecified atom stereocenters. The van der Waals surface area contributed by atoms with Crippen molar-refractivity contribution in [3.63, 3.8) is 0 Å². The van der Waals surface area contributed by atoms with Crippen LogP contribution in [0.15, 0.2) is 0 Å². The molecule has 64 valence electrons. The van der Waals surface area contributed by atoms with E-state index in [1.165, 1.54) is 0 Å². The molecule has 1 aliphatic rings. The fourth-order valence-corrected chi connectivity index (χ4v) is 1.19. The number of carbonyl (C=O) groups excluding carboxylic acids is 1. The number of cyclic esters (lactones) is 1. The molecule has 1 fully saturated rings. The van der Waals surface area contributed by atoms with E-state index in [1.807, 2.05) is 20.8 Å². The van der Waals surface area contributed by atoms with Crippen molar-refractivity contribution in [1.29, 1.82) is 0 Å². The molecule has 0 amide bonds. The van der Waals surface area contributed by atoms with E-state index in [2.05, 4.69) is 0 Å². The predicted molar refractivity (Wildman–Crippen MR) is 40.0 cm³/mol. The molecule has 0 aliphatic carbocycles. The van der Waals surface area contributed by atoms with E-state index in [-0.39, 0.29) is 0 Å². The van der Waals surface area contributed by atoms with Crippen LogP contribution in [0.25, 0.3) is 0 Å². The Kier molecular flexibility index (Phi) is 1.71. The zero-order valence-corrected chi connectivity index (χ0v) is 7.18. The van der Waals surface area contributed by atoms with Crippen LogP contribution in [0.1, 0.15) is 27.2 Å². The van der Waals surface area contributed by atoms with Crippen LogP contribution in [-0.4, -0.2) is 23.3 Å². The molecule has 1 rings (SSSR count). The maximum Gasteiger partial charge on any atom is 0.338 e. The first kappa shape index (κ1) is 8.53. The summed E-state index contributed by atoms with van der Waals surface area (Å²) >= 11 is 0. The number of hydrogen-bond acceptors (Lipinski definition) is 3. The minimum absolute atomic E-state index is 0.340. The van der Waals surface area contributed by atoms with E-state index in [4.69, 9.17) is 4.74 Å². The van der Waals surface area contributed by atoms with Gasteiger partial charge < -0.3 is 9.84 Å². The van der Waals surface area contributed by atoms with E-state index < -0.39 is 17.0 Å². The molecule has 1 aliphatic heterocycles.